The molecule has 0 unspecified atom stereocenters. The quantitative estimate of drug-likeness (QED) is 0.822. The summed E-state index contributed by atoms with van der Waals surface area (Å²) < 4.78 is 5.57. The van der Waals surface area contributed by atoms with Gasteiger partial charge in [0.05, 0.1) is 16.7 Å². The first-order valence-electron chi connectivity index (χ1n) is 4.92. The van der Waals surface area contributed by atoms with E-state index in [4.69, 9.17) is 27.3 Å². The van der Waals surface area contributed by atoms with Crippen molar-refractivity contribution in [3.05, 3.63) is 53.1 Å². The molecule has 0 fully saturated rings. The largest absolute Gasteiger partial charge is 0.456 e. The van der Waals surface area contributed by atoms with Crippen molar-refractivity contribution < 1.29 is 4.74 Å². The summed E-state index contributed by atoms with van der Waals surface area (Å²) in [5, 5.41) is 9.12. The molecule has 0 aliphatic heterocycles. The highest BCUT2D eigenvalue weighted by Gasteiger charge is 2.03. The molecular weight excluding hydrogens is 236 g/mol. The van der Waals surface area contributed by atoms with E-state index in [1.807, 2.05) is 6.07 Å². The molecule has 0 saturated carbocycles. The number of anilines is 1. The van der Waals surface area contributed by atoms with Crippen molar-refractivity contribution in [2.24, 2.45) is 0 Å². The number of hydrogen-bond acceptors (Lipinski definition) is 3. The summed E-state index contributed by atoms with van der Waals surface area (Å²) in [6, 6.07) is 13.9. The van der Waals surface area contributed by atoms with Gasteiger partial charge in [-0.2, -0.15) is 5.26 Å². The molecule has 0 radical (unpaired) electrons. The van der Waals surface area contributed by atoms with E-state index < -0.39 is 0 Å². The first kappa shape index (κ1) is 11.3. The van der Waals surface area contributed by atoms with Crippen molar-refractivity contribution in [1.29, 1.82) is 5.26 Å². The molecule has 3 nitrogen and oxygen atoms in total. The Morgan fingerprint density at radius 1 is 1.12 bits per heavy atom. The first-order valence-corrected chi connectivity index (χ1v) is 5.30. The van der Waals surface area contributed by atoms with E-state index in [2.05, 4.69) is 0 Å². The fraction of sp³-hybridized carbons (Fsp3) is 0. The summed E-state index contributed by atoms with van der Waals surface area (Å²) in [5.41, 5.74) is 6.75. The van der Waals surface area contributed by atoms with E-state index in [1.54, 1.807) is 42.5 Å². The van der Waals surface area contributed by atoms with Gasteiger partial charge in [-0.15, -0.1) is 0 Å². The van der Waals surface area contributed by atoms with Gasteiger partial charge in [-0.1, -0.05) is 11.6 Å². The Bertz CT molecular complexity index is 573. The van der Waals surface area contributed by atoms with Gasteiger partial charge in [0.1, 0.15) is 11.5 Å². The summed E-state index contributed by atoms with van der Waals surface area (Å²) in [5.74, 6) is 1.15. The van der Waals surface area contributed by atoms with Crippen molar-refractivity contribution in [3.8, 4) is 17.6 Å². The second kappa shape index (κ2) is 4.77. The lowest BCUT2D eigenvalue weighted by Crippen LogP contribution is -1.88. The summed E-state index contributed by atoms with van der Waals surface area (Å²) in [4.78, 5) is 0. The zero-order valence-electron chi connectivity index (χ0n) is 8.85. The maximum absolute atomic E-state index is 8.67. The molecule has 0 aliphatic carbocycles. The van der Waals surface area contributed by atoms with Crippen LogP contribution in [0.5, 0.6) is 11.5 Å². The summed E-state index contributed by atoms with van der Waals surface area (Å²) >= 11 is 5.98. The van der Waals surface area contributed by atoms with E-state index in [0.717, 1.165) is 0 Å². The number of nitriles is 1. The van der Waals surface area contributed by atoms with Crippen LogP contribution < -0.4 is 10.5 Å². The number of hydrogen-bond donors (Lipinski definition) is 1. The van der Waals surface area contributed by atoms with Gasteiger partial charge in [0.15, 0.2) is 0 Å². The lowest BCUT2D eigenvalue weighted by molar-refractivity contribution is 0.483. The van der Waals surface area contributed by atoms with Crippen LogP contribution in [0.15, 0.2) is 42.5 Å². The SMILES string of the molecule is N#Cc1ccc(Oc2ccc(N)cc2Cl)cc1. The standard InChI is InChI=1S/C13H9ClN2O/c14-12-7-10(16)3-6-13(12)17-11-4-1-9(8-15)2-5-11/h1-7H,16H2. The molecule has 84 valence electrons. The Morgan fingerprint density at radius 2 is 1.82 bits per heavy atom. The average molecular weight is 245 g/mol. The molecule has 0 bridgehead atoms. The molecule has 2 N–H and O–H groups in total. The number of nitrogen functional groups attached to an aromatic ring is 1. The molecule has 0 spiro atoms. The monoisotopic (exact) mass is 244 g/mol. The van der Waals surface area contributed by atoms with Gasteiger partial charge >= 0.3 is 0 Å². The average Bonchev–Trinajstić information content (AvgIpc) is 2.34. The van der Waals surface area contributed by atoms with Crippen molar-refractivity contribution in [2.75, 3.05) is 5.73 Å². The predicted molar refractivity (Wildman–Crippen MR) is 67.1 cm³/mol. The molecule has 0 aliphatic rings. The second-order valence-corrected chi connectivity index (χ2v) is 3.84. The predicted octanol–water partition coefficient (Wildman–Crippen LogP) is 3.59. The number of rotatable bonds is 2. The molecular formula is C13H9ClN2O. The van der Waals surface area contributed by atoms with Crippen LogP contribution in [0.1, 0.15) is 5.56 Å². The van der Waals surface area contributed by atoms with E-state index in [0.29, 0.717) is 27.8 Å². The van der Waals surface area contributed by atoms with Crippen molar-refractivity contribution in [1.82, 2.24) is 0 Å². The van der Waals surface area contributed by atoms with E-state index >= 15 is 0 Å². The van der Waals surface area contributed by atoms with E-state index in [1.165, 1.54) is 0 Å². The van der Waals surface area contributed by atoms with Gasteiger partial charge in [-0.3, -0.25) is 0 Å². The molecule has 2 aromatic rings. The number of nitrogens with zero attached hydrogens (tertiary/aromatic N) is 1. The lowest BCUT2D eigenvalue weighted by atomic mass is 10.2. The van der Waals surface area contributed by atoms with Gasteiger partial charge in [0.2, 0.25) is 0 Å². The Hall–Kier alpha value is -2.18. The third kappa shape index (κ3) is 2.68. The lowest BCUT2D eigenvalue weighted by Gasteiger charge is -2.07. The van der Waals surface area contributed by atoms with Crippen molar-refractivity contribution in [3.63, 3.8) is 0 Å². The topological polar surface area (TPSA) is 59.0 Å². The zero-order valence-corrected chi connectivity index (χ0v) is 9.61. The molecule has 0 amide bonds. The highest BCUT2D eigenvalue weighted by Crippen LogP contribution is 2.30. The fourth-order valence-electron chi connectivity index (χ4n) is 1.32. The van der Waals surface area contributed by atoms with Crippen molar-refractivity contribution in [2.45, 2.75) is 0 Å². The molecule has 0 saturated heterocycles. The van der Waals surface area contributed by atoms with Crippen LogP contribution in [-0.4, -0.2) is 0 Å². The third-order valence-corrected chi connectivity index (χ3v) is 2.46. The van der Waals surface area contributed by atoms with Crippen LogP contribution >= 0.6 is 11.6 Å². The minimum Gasteiger partial charge on any atom is -0.456 e. The van der Waals surface area contributed by atoms with Gasteiger partial charge in [-0.25, -0.2) is 0 Å². The summed E-state index contributed by atoms with van der Waals surface area (Å²) in [7, 11) is 0. The minimum atomic E-state index is 0.453. The second-order valence-electron chi connectivity index (χ2n) is 3.43. The molecule has 17 heavy (non-hydrogen) atoms. The molecule has 2 aromatic carbocycles. The Morgan fingerprint density at radius 3 is 2.41 bits per heavy atom. The summed E-state index contributed by atoms with van der Waals surface area (Å²) in [6.45, 7) is 0. The highest BCUT2D eigenvalue weighted by molar-refractivity contribution is 6.32. The normalized spacial score (nSPS) is 9.65. The Balaban J connectivity index is 2.23. The Kier molecular flexibility index (Phi) is 3.17. The van der Waals surface area contributed by atoms with Gasteiger partial charge in [0, 0.05) is 5.69 Å². The fourth-order valence-corrected chi connectivity index (χ4v) is 1.55. The van der Waals surface area contributed by atoms with Crippen molar-refractivity contribution >= 4 is 17.3 Å². The van der Waals surface area contributed by atoms with Gasteiger partial charge in [-0.05, 0) is 42.5 Å². The molecule has 0 atom stereocenters. The minimum absolute atomic E-state index is 0.453. The molecule has 4 heteroatoms. The molecule has 0 heterocycles. The smallest absolute Gasteiger partial charge is 0.146 e. The van der Waals surface area contributed by atoms with Crippen LogP contribution in [0.2, 0.25) is 5.02 Å². The van der Waals surface area contributed by atoms with E-state index in [-0.39, 0.29) is 0 Å². The maximum atomic E-state index is 8.67. The summed E-state index contributed by atoms with van der Waals surface area (Å²) in [6.07, 6.45) is 0. The van der Waals surface area contributed by atoms with Crippen LogP contribution in [0.3, 0.4) is 0 Å². The van der Waals surface area contributed by atoms with Crippen LogP contribution in [0.25, 0.3) is 0 Å². The maximum Gasteiger partial charge on any atom is 0.146 e. The number of nitrogens with two attached hydrogens (primary N) is 1. The third-order valence-electron chi connectivity index (χ3n) is 2.17. The van der Waals surface area contributed by atoms with Crippen LogP contribution in [0.4, 0.5) is 5.69 Å². The first-order chi connectivity index (χ1) is 8.19. The van der Waals surface area contributed by atoms with Gasteiger partial charge < -0.3 is 10.5 Å². The van der Waals surface area contributed by atoms with Gasteiger partial charge in [0.25, 0.3) is 0 Å². The van der Waals surface area contributed by atoms with Crippen LogP contribution in [-0.2, 0) is 0 Å². The zero-order chi connectivity index (χ0) is 12.3. The molecule has 2 rings (SSSR count). The number of ether oxygens (including phenoxy) is 1. The molecule has 0 aromatic heterocycles. The van der Waals surface area contributed by atoms with E-state index in [9.17, 15) is 0 Å². The number of halogens is 1. The Labute approximate surface area is 104 Å². The number of benzene rings is 2. The van der Waals surface area contributed by atoms with Crippen LogP contribution in [0, 0.1) is 11.3 Å². The highest BCUT2D eigenvalue weighted by atomic mass is 35.5.